The van der Waals surface area contributed by atoms with Crippen LogP contribution in [0.25, 0.3) is 10.9 Å². The summed E-state index contributed by atoms with van der Waals surface area (Å²) in [5, 5.41) is 18.0. The highest BCUT2D eigenvalue weighted by molar-refractivity contribution is 5.82. The molecule has 4 N–H and O–H groups in total. The van der Waals surface area contributed by atoms with E-state index in [9.17, 15) is 5.11 Å². The van der Waals surface area contributed by atoms with Crippen molar-refractivity contribution in [3.05, 3.63) is 30.0 Å². The molecule has 0 atom stereocenters. The summed E-state index contributed by atoms with van der Waals surface area (Å²) < 4.78 is 0. The molecule has 0 spiro atoms. The molecule has 1 fully saturated rings. The van der Waals surface area contributed by atoms with Gasteiger partial charge in [-0.2, -0.15) is 5.10 Å². The van der Waals surface area contributed by atoms with Crippen LogP contribution in [0.2, 0.25) is 0 Å². The van der Waals surface area contributed by atoms with Gasteiger partial charge in [-0.25, -0.2) is 0 Å². The molecule has 0 saturated heterocycles. The quantitative estimate of drug-likeness (QED) is 0.698. The number of aromatic amines is 1. The van der Waals surface area contributed by atoms with Crippen molar-refractivity contribution < 1.29 is 5.11 Å². The third-order valence-corrected chi connectivity index (χ3v) is 3.81. The number of hydrogen-bond acceptors (Lipinski definition) is 3. The topological polar surface area (TPSA) is 74.9 Å². The number of H-pyrrole nitrogens is 1. The molecule has 1 heterocycles. The van der Waals surface area contributed by atoms with Crippen molar-refractivity contribution in [3.8, 4) is 0 Å². The Morgan fingerprint density at radius 2 is 2.00 bits per heavy atom. The summed E-state index contributed by atoms with van der Waals surface area (Å²) in [5.74, 6) is 0. The van der Waals surface area contributed by atoms with Crippen molar-refractivity contribution in [2.45, 2.75) is 37.3 Å². The molecular formula is C13H17N3O. The van der Waals surface area contributed by atoms with Crippen LogP contribution in [0, 0.1) is 0 Å². The van der Waals surface area contributed by atoms with E-state index in [2.05, 4.69) is 10.2 Å². The Morgan fingerprint density at radius 1 is 1.29 bits per heavy atom. The summed E-state index contributed by atoms with van der Waals surface area (Å²) in [5.41, 5.74) is 8.08. The number of hydrogen-bond donors (Lipinski definition) is 3. The summed E-state index contributed by atoms with van der Waals surface area (Å²) in [7, 11) is 0. The smallest absolute Gasteiger partial charge is 0.0924 e. The molecule has 1 aromatic carbocycles. The summed E-state index contributed by atoms with van der Waals surface area (Å²) in [6, 6.07) is 8.01. The Morgan fingerprint density at radius 3 is 2.76 bits per heavy atom. The number of aromatic nitrogens is 2. The maximum atomic E-state index is 9.57. The monoisotopic (exact) mass is 231 g/mol. The molecule has 1 aromatic heterocycles. The Labute approximate surface area is 99.8 Å². The van der Waals surface area contributed by atoms with Gasteiger partial charge in [0.05, 0.1) is 22.9 Å². The molecule has 4 nitrogen and oxygen atoms in total. The van der Waals surface area contributed by atoms with Gasteiger partial charge in [-0.05, 0) is 31.7 Å². The Bertz CT molecular complexity index is 526. The first-order chi connectivity index (χ1) is 8.19. The fourth-order valence-corrected chi connectivity index (χ4v) is 2.71. The van der Waals surface area contributed by atoms with Gasteiger partial charge in [-0.1, -0.05) is 18.2 Å². The third kappa shape index (κ3) is 1.73. The number of aliphatic hydroxyl groups is 1. The largest absolute Gasteiger partial charge is 0.393 e. The molecule has 2 aromatic rings. The lowest BCUT2D eigenvalue weighted by molar-refractivity contribution is 0.0960. The predicted molar refractivity (Wildman–Crippen MR) is 66.4 cm³/mol. The molecule has 0 unspecified atom stereocenters. The molecule has 0 bridgehead atoms. The van der Waals surface area contributed by atoms with E-state index in [-0.39, 0.29) is 11.6 Å². The molecule has 1 aliphatic carbocycles. The van der Waals surface area contributed by atoms with Crippen molar-refractivity contribution in [3.63, 3.8) is 0 Å². The fourth-order valence-electron chi connectivity index (χ4n) is 2.71. The minimum Gasteiger partial charge on any atom is -0.393 e. The number of nitrogens with two attached hydrogens (primary N) is 1. The first-order valence-electron chi connectivity index (χ1n) is 6.10. The van der Waals surface area contributed by atoms with Gasteiger partial charge in [0.15, 0.2) is 0 Å². The Balaban J connectivity index is 2.03. The van der Waals surface area contributed by atoms with Crippen LogP contribution < -0.4 is 5.73 Å². The molecule has 4 heteroatoms. The standard InChI is InChI=1S/C13H17N3O/c14-13(7-5-9(17)6-8-13)12-10-3-1-2-4-11(10)15-16-12/h1-4,9,17H,5-8,14H2,(H,15,16). The van der Waals surface area contributed by atoms with E-state index >= 15 is 0 Å². The van der Waals surface area contributed by atoms with Crippen molar-refractivity contribution in [1.82, 2.24) is 10.2 Å². The maximum Gasteiger partial charge on any atom is 0.0924 e. The normalized spacial score (nSPS) is 29.6. The van der Waals surface area contributed by atoms with Crippen LogP contribution >= 0.6 is 0 Å². The van der Waals surface area contributed by atoms with Crippen molar-refractivity contribution in [2.75, 3.05) is 0 Å². The number of aliphatic hydroxyl groups excluding tert-OH is 1. The minimum absolute atomic E-state index is 0.194. The van der Waals surface area contributed by atoms with E-state index in [4.69, 9.17) is 5.73 Å². The van der Waals surface area contributed by atoms with E-state index in [1.165, 1.54) is 0 Å². The number of nitrogens with one attached hydrogen (secondary N) is 1. The first kappa shape index (κ1) is 10.7. The molecule has 1 aliphatic rings. The Kier molecular flexibility index (Phi) is 2.42. The van der Waals surface area contributed by atoms with Gasteiger partial charge in [0.2, 0.25) is 0 Å². The second-order valence-corrected chi connectivity index (χ2v) is 5.00. The lowest BCUT2D eigenvalue weighted by Crippen LogP contribution is -2.42. The zero-order valence-electron chi connectivity index (χ0n) is 9.69. The SMILES string of the molecule is NC1(c2[nH]nc3ccccc23)CCC(O)CC1. The summed E-state index contributed by atoms with van der Waals surface area (Å²) in [4.78, 5) is 0. The van der Waals surface area contributed by atoms with E-state index in [1.54, 1.807) is 0 Å². The van der Waals surface area contributed by atoms with Gasteiger partial charge in [-0.15, -0.1) is 0 Å². The van der Waals surface area contributed by atoms with Gasteiger partial charge >= 0.3 is 0 Å². The average molecular weight is 231 g/mol. The average Bonchev–Trinajstić information content (AvgIpc) is 2.78. The van der Waals surface area contributed by atoms with Crippen LogP contribution in [0.5, 0.6) is 0 Å². The van der Waals surface area contributed by atoms with Gasteiger partial charge in [0.25, 0.3) is 0 Å². The van der Waals surface area contributed by atoms with Crippen LogP contribution in [0.1, 0.15) is 31.4 Å². The summed E-state index contributed by atoms with van der Waals surface area (Å²) >= 11 is 0. The number of para-hydroxylation sites is 1. The number of rotatable bonds is 1. The molecule has 0 aliphatic heterocycles. The first-order valence-corrected chi connectivity index (χ1v) is 6.10. The zero-order chi connectivity index (χ0) is 11.9. The fraction of sp³-hybridized carbons (Fsp3) is 0.462. The van der Waals surface area contributed by atoms with Crippen LogP contribution in [-0.2, 0) is 5.54 Å². The van der Waals surface area contributed by atoms with Crippen molar-refractivity contribution in [2.24, 2.45) is 5.73 Å². The van der Waals surface area contributed by atoms with E-state index < -0.39 is 0 Å². The molecule has 3 rings (SSSR count). The Hall–Kier alpha value is -1.39. The van der Waals surface area contributed by atoms with Crippen LogP contribution in [0.4, 0.5) is 0 Å². The zero-order valence-corrected chi connectivity index (χ0v) is 9.69. The van der Waals surface area contributed by atoms with E-state index in [0.29, 0.717) is 0 Å². The highest BCUT2D eigenvalue weighted by Crippen LogP contribution is 2.36. The number of nitrogens with zero attached hydrogens (tertiary/aromatic N) is 1. The van der Waals surface area contributed by atoms with Crippen LogP contribution in [0.3, 0.4) is 0 Å². The van der Waals surface area contributed by atoms with Gasteiger partial charge in [0.1, 0.15) is 0 Å². The van der Waals surface area contributed by atoms with Gasteiger partial charge < -0.3 is 10.8 Å². The second kappa shape index (κ2) is 3.82. The van der Waals surface area contributed by atoms with E-state index in [0.717, 1.165) is 42.3 Å². The van der Waals surface area contributed by atoms with Crippen LogP contribution in [-0.4, -0.2) is 21.4 Å². The lowest BCUT2D eigenvalue weighted by atomic mass is 9.78. The minimum atomic E-state index is -0.366. The molecule has 0 radical (unpaired) electrons. The molecular weight excluding hydrogens is 214 g/mol. The second-order valence-electron chi connectivity index (χ2n) is 5.00. The predicted octanol–water partition coefficient (Wildman–Crippen LogP) is 1.65. The van der Waals surface area contributed by atoms with Crippen molar-refractivity contribution >= 4 is 10.9 Å². The van der Waals surface area contributed by atoms with E-state index in [1.807, 2.05) is 24.3 Å². The third-order valence-electron chi connectivity index (χ3n) is 3.81. The molecule has 90 valence electrons. The molecule has 17 heavy (non-hydrogen) atoms. The lowest BCUT2D eigenvalue weighted by Gasteiger charge is -2.34. The summed E-state index contributed by atoms with van der Waals surface area (Å²) in [6.07, 6.45) is 2.95. The molecule has 0 amide bonds. The van der Waals surface area contributed by atoms with Crippen LogP contribution in [0.15, 0.2) is 24.3 Å². The number of fused-ring (bicyclic) bond motifs is 1. The van der Waals surface area contributed by atoms with Gasteiger partial charge in [0, 0.05) is 5.39 Å². The number of benzene rings is 1. The highest BCUT2D eigenvalue weighted by Gasteiger charge is 2.35. The van der Waals surface area contributed by atoms with Crippen molar-refractivity contribution in [1.29, 1.82) is 0 Å². The van der Waals surface area contributed by atoms with Gasteiger partial charge in [-0.3, -0.25) is 5.10 Å². The maximum absolute atomic E-state index is 9.57. The molecule has 1 saturated carbocycles. The highest BCUT2D eigenvalue weighted by atomic mass is 16.3. The summed E-state index contributed by atoms with van der Waals surface area (Å²) in [6.45, 7) is 0.